The molecule has 0 radical (unpaired) electrons. The first-order valence-electron chi connectivity index (χ1n) is 11.5. The van der Waals surface area contributed by atoms with Crippen LogP contribution in [0.1, 0.15) is 25.0 Å². The number of hydrazine groups is 1. The molecule has 14 nitrogen and oxygen atoms in total. The van der Waals surface area contributed by atoms with E-state index in [1.54, 1.807) is 5.38 Å². The fourth-order valence-electron chi connectivity index (χ4n) is 4.61. The molecule has 2 unspecified atom stereocenters. The molecular weight excluding hydrogens is 554 g/mol. The molecule has 0 aromatic carbocycles. The summed E-state index contributed by atoms with van der Waals surface area (Å²) >= 11 is 3.77. The molecule has 1 aromatic rings. The number of nitrogens with one attached hydrogen (secondary N) is 1. The Morgan fingerprint density at radius 2 is 2.18 bits per heavy atom. The standard InChI is InChI=1S/C21H25N9O5S3/c1-35-28-12(11-7-37-20(23)25-11)16(31)27-13-17(32)29-14(19(33)34)8(5-36-18(13)29)6-38-21-26-10-4-2-3-9(10)15(22)30(21)24/h7,13,15,18H,2-6,22,24H2,1H3,(H2,23,25)(H,27,31)(H,33,34)/t13?,15?,18-/m0/s1. The first kappa shape index (κ1) is 26.5. The quantitative estimate of drug-likeness (QED) is 0.123. The summed E-state index contributed by atoms with van der Waals surface area (Å²) < 4.78 is 0. The van der Waals surface area contributed by atoms with Gasteiger partial charge in [-0.3, -0.25) is 19.5 Å². The van der Waals surface area contributed by atoms with Crippen molar-refractivity contribution < 1.29 is 24.3 Å². The zero-order valence-corrected chi connectivity index (χ0v) is 22.6. The molecule has 0 saturated carbocycles. The second-order valence-corrected chi connectivity index (χ2v) is 11.6. The zero-order valence-electron chi connectivity index (χ0n) is 20.1. The number of carbonyl (C=O) groups excluding carboxylic acids is 2. The third-order valence-electron chi connectivity index (χ3n) is 6.41. The summed E-state index contributed by atoms with van der Waals surface area (Å²) in [6.07, 6.45) is 2.22. The van der Waals surface area contributed by atoms with Gasteiger partial charge in [-0.15, -0.1) is 23.1 Å². The van der Waals surface area contributed by atoms with E-state index in [9.17, 15) is 19.5 Å². The van der Waals surface area contributed by atoms with Crippen LogP contribution in [0.2, 0.25) is 0 Å². The Hall–Kier alpha value is -3.12. The number of aliphatic carboxylic acids is 1. The van der Waals surface area contributed by atoms with Crippen LogP contribution in [-0.2, 0) is 19.2 Å². The molecule has 5 rings (SSSR count). The van der Waals surface area contributed by atoms with Crippen LogP contribution in [0.5, 0.6) is 0 Å². The van der Waals surface area contributed by atoms with Crippen LogP contribution in [0.3, 0.4) is 0 Å². The summed E-state index contributed by atoms with van der Waals surface area (Å²) in [7, 11) is 1.28. The number of amides is 2. The SMILES string of the molecule is CON=C(C(=O)NC1C(=O)N2C(C(=O)O)=C(CSC3=NC4=C(CCC4)C(N)N3N)CS[C@@H]12)c1csc(N)n1. The molecule has 202 valence electrons. The summed E-state index contributed by atoms with van der Waals surface area (Å²) in [4.78, 5) is 52.8. The van der Waals surface area contributed by atoms with E-state index in [0.717, 1.165) is 41.9 Å². The van der Waals surface area contributed by atoms with Gasteiger partial charge in [0, 0.05) is 22.6 Å². The number of allylic oxidation sites excluding steroid dienone is 1. The average Bonchev–Trinajstić information content (AvgIpc) is 3.55. The van der Waals surface area contributed by atoms with E-state index in [0.29, 0.717) is 16.5 Å². The Morgan fingerprint density at radius 1 is 1.39 bits per heavy atom. The molecule has 3 aliphatic heterocycles. The van der Waals surface area contributed by atoms with Gasteiger partial charge in [-0.1, -0.05) is 16.9 Å². The number of oxime groups is 1. The number of thiazole rings is 1. The van der Waals surface area contributed by atoms with Crippen LogP contribution in [0.25, 0.3) is 0 Å². The fraction of sp³-hybridized carbons (Fsp3) is 0.429. The number of rotatable bonds is 7. The van der Waals surface area contributed by atoms with Gasteiger partial charge in [0.1, 0.15) is 36.1 Å². The Morgan fingerprint density at radius 3 is 2.87 bits per heavy atom. The van der Waals surface area contributed by atoms with Crippen molar-refractivity contribution in [2.75, 3.05) is 24.3 Å². The van der Waals surface area contributed by atoms with Crippen molar-refractivity contribution >= 4 is 68.7 Å². The number of thioether (sulfide) groups is 2. The number of β-lactam (4-membered cyclic amide) rings is 1. The van der Waals surface area contributed by atoms with Gasteiger partial charge in [0.2, 0.25) is 0 Å². The molecule has 17 heteroatoms. The number of anilines is 1. The van der Waals surface area contributed by atoms with Crippen LogP contribution < -0.4 is 22.6 Å². The van der Waals surface area contributed by atoms with Gasteiger partial charge < -0.3 is 26.7 Å². The summed E-state index contributed by atoms with van der Waals surface area (Å²) in [5.41, 5.74) is 14.4. The van der Waals surface area contributed by atoms with Gasteiger partial charge in [0.15, 0.2) is 16.0 Å². The Kier molecular flexibility index (Phi) is 7.36. The number of nitrogen functional groups attached to an aromatic ring is 1. The minimum Gasteiger partial charge on any atom is -0.477 e. The predicted molar refractivity (Wildman–Crippen MR) is 145 cm³/mol. The summed E-state index contributed by atoms with van der Waals surface area (Å²) in [5, 5.41) is 19.4. The molecule has 1 aliphatic carbocycles. The molecule has 4 heterocycles. The fourth-order valence-corrected chi connectivity index (χ4v) is 7.61. The van der Waals surface area contributed by atoms with Gasteiger partial charge >= 0.3 is 5.97 Å². The van der Waals surface area contributed by atoms with Crippen molar-refractivity contribution in [1.29, 1.82) is 0 Å². The number of carboxylic acids is 1. The molecule has 0 spiro atoms. The van der Waals surface area contributed by atoms with Gasteiger partial charge in [-0.25, -0.2) is 20.6 Å². The number of aliphatic imine (C=N–C) groups is 1. The van der Waals surface area contributed by atoms with Crippen LogP contribution >= 0.6 is 34.9 Å². The highest BCUT2D eigenvalue weighted by atomic mass is 32.2. The van der Waals surface area contributed by atoms with Crippen molar-refractivity contribution in [3.63, 3.8) is 0 Å². The largest absolute Gasteiger partial charge is 0.477 e. The molecule has 38 heavy (non-hydrogen) atoms. The van der Waals surface area contributed by atoms with Crippen molar-refractivity contribution in [3.05, 3.63) is 33.6 Å². The minimum absolute atomic E-state index is 0.0974. The third-order valence-corrected chi connectivity index (χ3v) is 9.48. The van der Waals surface area contributed by atoms with E-state index in [1.807, 2.05) is 0 Å². The molecule has 0 bridgehead atoms. The van der Waals surface area contributed by atoms with Crippen molar-refractivity contribution in [1.82, 2.24) is 20.2 Å². The highest BCUT2D eigenvalue weighted by Crippen LogP contribution is 2.42. The lowest BCUT2D eigenvalue weighted by atomic mass is 10.0. The summed E-state index contributed by atoms with van der Waals surface area (Å²) in [6, 6.07) is -0.943. The first-order chi connectivity index (χ1) is 18.2. The van der Waals surface area contributed by atoms with Crippen molar-refractivity contribution in [2.45, 2.75) is 36.8 Å². The Labute approximate surface area is 229 Å². The van der Waals surface area contributed by atoms with Gasteiger partial charge in [0.25, 0.3) is 11.8 Å². The molecule has 8 N–H and O–H groups in total. The second-order valence-electron chi connectivity index (χ2n) is 8.67. The number of hydrogen-bond acceptors (Lipinski definition) is 14. The lowest BCUT2D eigenvalue weighted by Crippen LogP contribution is -2.71. The van der Waals surface area contributed by atoms with E-state index in [2.05, 4.69) is 20.4 Å². The normalized spacial score (nSPS) is 25.1. The van der Waals surface area contributed by atoms with E-state index in [4.69, 9.17) is 22.1 Å². The number of nitrogens with zero attached hydrogens (tertiary/aromatic N) is 5. The van der Waals surface area contributed by atoms with E-state index >= 15 is 0 Å². The number of amidine groups is 1. The molecule has 1 fully saturated rings. The monoisotopic (exact) mass is 579 g/mol. The predicted octanol–water partition coefficient (Wildman–Crippen LogP) is -0.184. The second kappa shape index (κ2) is 10.6. The van der Waals surface area contributed by atoms with Crippen LogP contribution in [0, 0.1) is 0 Å². The summed E-state index contributed by atoms with van der Waals surface area (Å²) in [5.74, 6) is 4.33. The van der Waals surface area contributed by atoms with Crippen molar-refractivity contribution in [2.24, 2.45) is 21.7 Å². The van der Waals surface area contributed by atoms with Gasteiger partial charge in [-0.05, 0) is 30.4 Å². The van der Waals surface area contributed by atoms with Gasteiger partial charge in [-0.2, -0.15) is 0 Å². The molecule has 1 aromatic heterocycles. The topological polar surface area (TPSA) is 215 Å². The number of fused-ring (bicyclic) bond motifs is 1. The average molecular weight is 580 g/mol. The minimum atomic E-state index is -1.23. The van der Waals surface area contributed by atoms with Crippen molar-refractivity contribution in [3.8, 4) is 0 Å². The maximum atomic E-state index is 13.1. The molecule has 3 atom stereocenters. The van der Waals surface area contributed by atoms with E-state index < -0.39 is 35.4 Å². The van der Waals surface area contributed by atoms with E-state index in [1.165, 1.54) is 40.5 Å². The maximum absolute atomic E-state index is 13.1. The molecular formula is C21H25N9O5S3. The molecule has 2 amide bonds. The Bertz CT molecular complexity index is 1320. The maximum Gasteiger partial charge on any atom is 0.352 e. The smallest absolute Gasteiger partial charge is 0.352 e. The molecule has 1 saturated heterocycles. The number of aromatic nitrogens is 1. The number of carboxylic acid groups (broad SMARTS) is 1. The highest BCUT2D eigenvalue weighted by molar-refractivity contribution is 8.14. The highest BCUT2D eigenvalue weighted by Gasteiger charge is 2.54. The first-order valence-corrected chi connectivity index (χ1v) is 14.4. The third kappa shape index (κ3) is 4.64. The molecule has 4 aliphatic rings. The number of carbonyl (C=O) groups is 3. The van der Waals surface area contributed by atoms with Crippen LogP contribution in [0.15, 0.2) is 38.1 Å². The number of nitrogens with two attached hydrogens (primary N) is 3. The zero-order chi connectivity index (χ0) is 27.1. The Balaban J connectivity index is 1.30. The van der Waals surface area contributed by atoms with Crippen LogP contribution in [0.4, 0.5) is 5.13 Å². The van der Waals surface area contributed by atoms with E-state index in [-0.39, 0.29) is 28.0 Å². The lowest BCUT2D eigenvalue weighted by Gasteiger charge is -2.49. The van der Waals surface area contributed by atoms with Gasteiger partial charge in [0.05, 0.1) is 0 Å². The van der Waals surface area contributed by atoms with Crippen LogP contribution in [-0.4, -0.2) is 84.9 Å². The lowest BCUT2D eigenvalue weighted by molar-refractivity contribution is -0.150. The number of hydrogen-bond donors (Lipinski definition) is 5. The summed E-state index contributed by atoms with van der Waals surface area (Å²) in [6.45, 7) is 0.